The smallest absolute Gasteiger partial charge is 0.136 e. The number of benzene rings is 1. The van der Waals surface area contributed by atoms with Crippen LogP contribution in [0, 0.1) is 6.92 Å². The van der Waals surface area contributed by atoms with Crippen molar-refractivity contribution in [3.63, 3.8) is 0 Å². The molecule has 0 aliphatic rings. The van der Waals surface area contributed by atoms with Crippen LogP contribution in [0.1, 0.15) is 5.56 Å². The Balaban J connectivity index is 2.47. The summed E-state index contributed by atoms with van der Waals surface area (Å²) in [6.07, 6.45) is 1.90. The Bertz CT molecular complexity index is 567. The maximum Gasteiger partial charge on any atom is 0.136 e. The number of hydrogen-bond donors (Lipinski definition) is 1. The Hall–Kier alpha value is -1.81. The average molecular weight is 259 g/mol. The van der Waals surface area contributed by atoms with Crippen molar-refractivity contribution >= 4 is 22.3 Å². The second kappa shape index (κ2) is 5.89. The van der Waals surface area contributed by atoms with Gasteiger partial charge in [-0.05, 0) is 13.0 Å². The summed E-state index contributed by atoms with van der Waals surface area (Å²) in [5.74, 6) is 0.993. The van der Waals surface area contributed by atoms with Crippen LogP contribution in [0.4, 0.5) is 11.5 Å². The van der Waals surface area contributed by atoms with Gasteiger partial charge in [-0.15, -0.1) is 0 Å². The molecule has 0 aliphatic carbocycles. The minimum absolute atomic E-state index is 0.683. The summed E-state index contributed by atoms with van der Waals surface area (Å²) in [5.41, 5.74) is 2.31. The van der Waals surface area contributed by atoms with E-state index in [1.54, 1.807) is 7.11 Å². The number of hydrogen-bond acceptors (Lipinski definition) is 4. The molecule has 1 aromatic carbocycles. The highest BCUT2D eigenvalue weighted by molar-refractivity contribution is 6.00. The van der Waals surface area contributed by atoms with Crippen LogP contribution in [0.2, 0.25) is 0 Å². The fraction of sp³-hybridized carbons (Fsp3) is 0.400. The molecule has 0 fully saturated rings. The van der Waals surface area contributed by atoms with Crippen molar-refractivity contribution in [3.05, 3.63) is 30.0 Å². The topological polar surface area (TPSA) is 37.4 Å². The Morgan fingerprint density at radius 1 is 1.26 bits per heavy atom. The molecule has 0 bridgehead atoms. The van der Waals surface area contributed by atoms with Crippen LogP contribution in [0.15, 0.2) is 24.4 Å². The van der Waals surface area contributed by atoms with E-state index in [1.165, 1.54) is 10.9 Å². The second-order valence-electron chi connectivity index (χ2n) is 4.86. The fourth-order valence-corrected chi connectivity index (χ4v) is 2.13. The van der Waals surface area contributed by atoms with E-state index in [0.717, 1.165) is 23.4 Å². The van der Waals surface area contributed by atoms with Crippen molar-refractivity contribution in [1.82, 2.24) is 4.98 Å². The highest BCUT2D eigenvalue weighted by Crippen LogP contribution is 2.29. The number of nitrogens with zero attached hydrogens (tertiary/aromatic N) is 2. The van der Waals surface area contributed by atoms with Crippen molar-refractivity contribution in [1.29, 1.82) is 0 Å². The first-order valence-corrected chi connectivity index (χ1v) is 6.43. The summed E-state index contributed by atoms with van der Waals surface area (Å²) < 4.78 is 5.07. The van der Waals surface area contributed by atoms with Gasteiger partial charge in [-0.1, -0.05) is 17.7 Å². The number of nitrogens with one attached hydrogen (secondary N) is 1. The van der Waals surface area contributed by atoms with Gasteiger partial charge in [0.1, 0.15) is 5.82 Å². The minimum Gasteiger partial charge on any atom is -0.383 e. The van der Waals surface area contributed by atoms with Gasteiger partial charge in [-0.3, -0.25) is 0 Å². The van der Waals surface area contributed by atoms with Crippen molar-refractivity contribution in [2.24, 2.45) is 0 Å². The van der Waals surface area contributed by atoms with Gasteiger partial charge < -0.3 is 15.0 Å². The zero-order valence-corrected chi connectivity index (χ0v) is 12.0. The fourth-order valence-electron chi connectivity index (χ4n) is 2.13. The van der Waals surface area contributed by atoms with E-state index in [0.29, 0.717) is 6.61 Å². The zero-order valence-electron chi connectivity index (χ0n) is 12.0. The lowest BCUT2D eigenvalue weighted by atomic mass is 10.1. The minimum atomic E-state index is 0.683. The number of pyridine rings is 1. The van der Waals surface area contributed by atoms with E-state index >= 15 is 0 Å². The lowest BCUT2D eigenvalue weighted by Gasteiger charge is -2.17. The van der Waals surface area contributed by atoms with E-state index in [9.17, 15) is 0 Å². The number of ether oxygens (including phenoxy) is 1. The predicted octanol–water partition coefficient (Wildman–Crippen LogP) is 2.67. The van der Waals surface area contributed by atoms with Gasteiger partial charge in [0.25, 0.3) is 0 Å². The first-order valence-electron chi connectivity index (χ1n) is 6.43. The molecule has 1 heterocycles. The van der Waals surface area contributed by atoms with E-state index in [1.807, 2.05) is 25.2 Å². The van der Waals surface area contributed by atoms with Gasteiger partial charge in [0, 0.05) is 38.5 Å². The van der Waals surface area contributed by atoms with Crippen LogP contribution >= 0.6 is 0 Å². The Labute approximate surface area is 114 Å². The van der Waals surface area contributed by atoms with E-state index < -0.39 is 0 Å². The molecule has 4 heteroatoms. The van der Waals surface area contributed by atoms with Crippen molar-refractivity contribution in [3.8, 4) is 0 Å². The number of anilines is 2. The highest BCUT2D eigenvalue weighted by Gasteiger charge is 2.08. The normalized spacial score (nSPS) is 10.7. The van der Waals surface area contributed by atoms with E-state index in [-0.39, 0.29) is 0 Å². The number of aromatic nitrogens is 1. The Morgan fingerprint density at radius 3 is 2.74 bits per heavy atom. The maximum atomic E-state index is 5.07. The number of methoxy groups -OCH3 is 1. The third-order valence-corrected chi connectivity index (χ3v) is 3.07. The van der Waals surface area contributed by atoms with Gasteiger partial charge in [-0.2, -0.15) is 0 Å². The quantitative estimate of drug-likeness (QED) is 0.838. The molecule has 102 valence electrons. The SMILES string of the molecule is COCCNc1cnc(N(C)C)c2ccc(C)cc12. The number of aryl methyl sites for hydroxylation is 1. The third-order valence-electron chi connectivity index (χ3n) is 3.07. The van der Waals surface area contributed by atoms with Gasteiger partial charge in [0.15, 0.2) is 0 Å². The largest absolute Gasteiger partial charge is 0.383 e. The molecule has 0 saturated heterocycles. The number of rotatable bonds is 5. The first kappa shape index (κ1) is 13.6. The summed E-state index contributed by atoms with van der Waals surface area (Å²) in [5, 5.41) is 5.74. The summed E-state index contributed by atoms with van der Waals surface area (Å²) in [4.78, 5) is 6.58. The Morgan fingerprint density at radius 2 is 2.05 bits per heavy atom. The van der Waals surface area contributed by atoms with Gasteiger partial charge in [-0.25, -0.2) is 4.98 Å². The molecule has 1 aromatic heterocycles. The molecule has 4 nitrogen and oxygen atoms in total. The van der Waals surface area contributed by atoms with Gasteiger partial charge in [0.2, 0.25) is 0 Å². The molecule has 0 unspecified atom stereocenters. The van der Waals surface area contributed by atoms with Crippen molar-refractivity contribution < 1.29 is 4.74 Å². The summed E-state index contributed by atoms with van der Waals surface area (Å²) in [6.45, 7) is 3.57. The van der Waals surface area contributed by atoms with Crippen LogP contribution in [-0.2, 0) is 4.74 Å². The third kappa shape index (κ3) is 2.96. The van der Waals surface area contributed by atoms with Crippen molar-refractivity contribution in [2.75, 3.05) is 44.6 Å². The first-order chi connectivity index (χ1) is 9.13. The van der Waals surface area contributed by atoms with Gasteiger partial charge in [0.05, 0.1) is 18.5 Å². The van der Waals surface area contributed by atoms with Crippen molar-refractivity contribution in [2.45, 2.75) is 6.92 Å². The molecule has 0 spiro atoms. The molecular formula is C15H21N3O. The molecule has 19 heavy (non-hydrogen) atoms. The van der Waals surface area contributed by atoms with Gasteiger partial charge >= 0.3 is 0 Å². The average Bonchev–Trinajstić information content (AvgIpc) is 2.38. The predicted molar refractivity (Wildman–Crippen MR) is 81.2 cm³/mol. The molecule has 2 aromatic rings. The lowest BCUT2D eigenvalue weighted by Crippen LogP contribution is -2.13. The van der Waals surface area contributed by atoms with E-state index in [2.05, 4.69) is 35.4 Å². The van der Waals surface area contributed by atoms with E-state index in [4.69, 9.17) is 4.74 Å². The molecule has 1 N–H and O–H groups in total. The Kier molecular flexibility index (Phi) is 4.22. The molecule has 2 rings (SSSR count). The lowest BCUT2D eigenvalue weighted by molar-refractivity contribution is 0.211. The molecule has 0 amide bonds. The van der Waals surface area contributed by atoms with Crippen LogP contribution < -0.4 is 10.2 Å². The molecule has 0 radical (unpaired) electrons. The highest BCUT2D eigenvalue weighted by atomic mass is 16.5. The van der Waals surface area contributed by atoms with Crippen LogP contribution in [0.3, 0.4) is 0 Å². The van der Waals surface area contributed by atoms with Crippen LogP contribution in [0.25, 0.3) is 10.8 Å². The van der Waals surface area contributed by atoms with Crippen LogP contribution in [0.5, 0.6) is 0 Å². The van der Waals surface area contributed by atoms with Crippen LogP contribution in [-0.4, -0.2) is 39.3 Å². The summed E-state index contributed by atoms with van der Waals surface area (Å²) in [6, 6.07) is 6.45. The molecule has 0 atom stereocenters. The summed E-state index contributed by atoms with van der Waals surface area (Å²) in [7, 11) is 5.73. The second-order valence-corrected chi connectivity index (χ2v) is 4.86. The standard InChI is InChI=1S/C15H21N3O/c1-11-5-6-12-13(9-11)14(16-7-8-19-4)10-17-15(12)18(2)3/h5-6,9-10,16H,7-8H2,1-4H3. The monoisotopic (exact) mass is 259 g/mol. The maximum absolute atomic E-state index is 5.07. The molecular weight excluding hydrogens is 238 g/mol. The molecule has 0 saturated carbocycles. The molecule has 0 aliphatic heterocycles. The zero-order chi connectivity index (χ0) is 13.8. The number of fused-ring (bicyclic) bond motifs is 1. The summed E-state index contributed by atoms with van der Waals surface area (Å²) >= 11 is 0.